The van der Waals surface area contributed by atoms with Gasteiger partial charge in [-0.25, -0.2) is 10.2 Å². The number of nitrogens with one attached hydrogen (secondary N) is 1. The van der Waals surface area contributed by atoms with Gasteiger partial charge in [-0.15, -0.1) is 11.3 Å². The second-order valence-electron chi connectivity index (χ2n) is 6.44. The second kappa shape index (κ2) is 8.20. The molecule has 154 valence electrons. The van der Waals surface area contributed by atoms with Gasteiger partial charge in [0.05, 0.1) is 27.3 Å². The van der Waals surface area contributed by atoms with Crippen LogP contribution in [0.5, 0.6) is 0 Å². The number of benzene rings is 2. The van der Waals surface area contributed by atoms with E-state index in [0.29, 0.717) is 16.0 Å². The Bertz CT molecular complexity index is 1340. The van der Waals surface area contributed by atoms with Gasteiger partial charge in [0.2, 0.25) is 0 Å². The van der Waals surface area contributed by atoms with Crippen molar-refractivity contribution >= 4 is 45.2 Å². The maximum absolute atomic E-state index is 12.4. The zero-order valence-corrected chi connectivity index (χ0v) is 16.6. The van der Waals surface area contributed by atoms with Crippen LogP contribution in [0.4, 0.5) is 5.69 Å². The number of non-ortho nitro benzene ring substituents is 1. The number of hydrazone groups is 1. The summed E-state index contributed by atoms with van der Waals surface area (Å²) >= 11 is 1.22. The molecule has 2 aromatic heterocycles. The fourth-order valence-corrected chi connectivity index (χ4v) is 3.90. The summed E-state index contributed by atoms with van der Waals surface area (Å²) in [6, 6.07) is 16.0. The second-order valence-corrected chi connectivity index (χ2v) is 7.53. The van der Waals surface area contributed by atoms with E-state index >= 15 is 0 Å². The lowest BCUT2D eigenvalue weighted by atomic mass is 10.2. The van der Waals surface area contributed by atoms with Crippen LogP contribution >= 0.6 is 11.3 Å². The topological polar surface area (TPSA) is 127 Å². The van der Waals surface area contributed by atoms with E-state index in [2.05, 4.69) is 10.5 Å². The third-order valence-electron chi connectivity index (χ3n) is 4.47. The van der Waals surface area contributed by atoms with Gasteiger partial charge >= 0.3 is 5.97 Å². The van der Waals surface area contributed by atoms with E-state index in [0.717, 1.165) is 10.4 Å². The number of carboxylic acids is 1. The van der Waals surface area contributed by atoms with Gasteiger partial charge in [-0.2, -0.15) is 5.10 Å². The number of thiophene rings is 1. The first-order valence-electron chi connectivity index (χ1n) is 8.95. The summed E-state index contributed by atoms with van der Waals surface area (Å²) in [5.74, 6) is -1.43. The van der Waals surface area contributed by atoms with Crippen molar-refractivity contribution in [3.05, 3.63) is 93.1 Å². The zero-order valence-electron chi connectivity index (χ0n) is 15.8. The summed E-state index contributed by atoms with van der Waals surface area (Å²) in [5.41, 5.74) is 4.03. The van der Waals surface area contributed by atoms with E-state index in [1.54, 1.807) is 47.2 Å². The first-order valence-corrected chi connectivity index (χ1v) is 9.76. The molecule has 2 aromatic carbocycles. The van der Waals surface area contributed by atoms with Gasteiger partial charge < -0.3 is 9.67 Å². The molecule has 0 radical (unpaired) electrons. The van der Waals surface area contributed by atoms with Crippen LogP contribution < -0.4 is 5.43 Å². The minimum absolute atomic E-state index is 0.0348. The van der Waals surface area contributed by atoms with Crippen LogP contribution in [0.15, 0.2) is 72.0 Å². The SMILES string of the molecule is O=C(O)c1ccc(-n2cccc2C=NNC(=O)c2cc3cc([N+](=O)[O-])ccc3s2)cc1. The average molecular weight is 434 g/mol. The third kappa shape index (κ3) is 4.19. The van der Waals surface area contributed by atoms with Crippen LogP contribution in [0.3, 0.4) is 0 Å². The third-order valence-corrected chi connectivity index (χ3v) is 5.58. The van der Waals surface area contributed by atoms with Crippen molar-refractivity contribution in [3.63, 3.8) is 0 Å². The molecule has 0 unspecified atom stereocenters. The molecule has 4 aromatic rings. The molecule has 10 heteroatoms. The van der Waals surface area contributed by atoms with Crippen molar-refractivity contribution in [1.82, 2.24) is 9.99 Å². The van der Waals surface area contributed by atoms with Crippen LogP contribution in [0, 0.1) is 10.1 Å². The number of hydrogen-bond acceptors (Lipinski definition) is 6. The number of hydrogen-bond donors (Lipinski definition) is 2. The number of aromatic nitrogens is 1. The van der Waals surface area contributed by atoms with E-state index in [-0.39, 0.29) is 11.3 Å². The summed E-state index contributed by atoms with van der Waals surface area (Å²) < 4.78 is 2.55. The smallest absolute Gasteiger partial charge is 0.335 e. The van der Waals surface area contributed by atoms with Gasteiger partial charge in [0.15, 0.2) is 0 Å². The molecule has 0 saturated carbocycles. The molecule has 2 heterocycles. The number of nitrogens with zero attached hydrogens (tertiary/aromatic N) is 3. The Morgan fingerprint density at radius 3 is 2.61 bits per heavy atom. The highest BCUT2D eigenvalue weighted by Crippen LogP contribution is 2.28. The summed E-state index contributed by atoms with van der Waals surface area (Å²) in [6.07, 6.45) is 3.26. The van der Waals surface area contributed by atoms with Crippen LogP contribution in [-0.4, -0.2) is 32.7 Å². The van der Waals surface area contributed by atoms with Crippen LogP contribution in [0.2, 0.25) is 0 Å². The Hall–Kier alpha value is -4.31. The van der Waals surface area contributed by atoms with Gasteiger partial charge in [-0.1, -0.05) is 0 Å². The van der Waals surface area contributed by atoms with Gasteiger partial charge in [0, 0.05) is 34.1 Å². The van der Waals surface area contributed by atoms with Gasteiger partial charge in [-0.3, -0.25) is 14.9 Å². The average Bonchev–Trinajstić information content (AvgIpc) is 3.40. The normalized spacial score (nSPS) is 11.1. The monoisotopic (exact) mass is 434 g/mol. The van der Waals surface area contributed by atoms with Crippen molar-refractivity contribution < 1.29 is 19.6 Å². The minimum Gasteiger partial charge on any atom is -0.478 e. The lowest BCUT2D eigenvalue weighted by Crippen LogP contribution is -2.16. The maximum atomic E-state index is 12.4. The molecular weight excluding hydrogens is 420 g/mol. The molecule has 31 heavy (non-hydrogen) atoms. The highest BCUT2D eigenvalue weighted by molar-refractivity contribution is 7.20. The highest BCUT2D eigenvalue weighted by atomic mass is 32.1. The minimum atomic E-state index is -1.00. The number of aromatic carboxylic acids is 1. The molecule has 0 aliphatic carbocycles. The van der Waals surface area contributed by atoms with E-state index in [4.69, 9.17) is 5.11 Å². The molecule has 0 atom stereocenters. The molecule has 1 amide bonds. The zero-order chi connectivity index (χ0) is 22.0. The van der Waals surface area contributed by atoms with Crippen molar-refractivity contribution in [3.8, 4) is 5.69 Å². The summed E-state index contributed by atoms with van der Waals surface area (Å²) in [5, 5.41) is 24.5. The Morgan fingerprint density at radius 2 is 1.90 bits per heavy atom. The fourth-order valence-electron chi connectivity index (χ4n) is 2.97. The number of carbonyl (C=O) groups excluding carboxylic acids is 1. The van der Waals surface area contributed by atoms with Crippen LogP contribution in [0.25, 0.3) is 15.8 Å². The maximum Gasteiger partial charge on any atom is 0.335 e. The summed E-state index contributed by atoms with van der Waals surface area (Å²) in [7, 11) is 0. The predicted octanol–water partition coefficient (Wildman–Crippen LogP) is 4.06. The molecule has 2 N–H and O–H groups in total. The number of carbonyl (C=O) groups is 2. The van der Waals surface area contributed by atoms with E-state index in [9.17, 15) is 19.7 Å². The van der Waals surface area contributed by atoms with Crippen LogP contribution in [-0.2, 0) is 0 Å². The number of nitro benzene ring substituents is 1. The molecule has 0 aliphatic rings. The molecule has 0 bridgehead atoms. The summed E-state index contributed by atoms with van der Waals surface area (Å²) in [4.78, 5) is 34.2. The lowest BCUT2D eigenvalue weighted by molar-refractivity contribution is -0.384. The van der Waals surface area contributed by atoms with Crippen molar-refractivity contribution in [2.75, 3.05) is 0 Å². The van der Waals surface area contributed by atoms with Crippen LogP contribution in [0.1, 0.15) is 25.7 Å². The van der Waals surface area contributed by atoms with E-state index in [1.807, 2.05) is 0 Å². The summed E-state index contributed by atoms with van der Waals surface area (Å²) in [6.45, 7) is 0. The molecule has 9 nitrogen and oxygen atoms in total. The van der Waals surface area contributed by atoms with Crippen molar-refractivity contribution in [2.24, 2.45) is 5.10 Å². The van der Waals surface area contributed by atoms with Gasteiger partial charge in [-0.05, 0) is 48.5 Å². The van der Waals surface area contributed by atoms with Crippen molar-refractivity contribution in [2.45, 2.75) is 0 Å². The lowest BCUT2D eigenvalue weighted by Gasteiger charge is -2.06. The number of fused-ring (bicyclic) bond motifs is 1. The van der Waals surface area contributed by atoms with Gasteiger partial charge in [0.25, 0.3) is 11.6 Å². The molecule has 0 saturated heterocycles. The number of amides is 1. The standard InChI is InChI=1S/C21H14N4O5S/c26-20(19-11-14-10-16(25(29)30)7-8-18(14)31-19)23-22-12-17-2-1-9-24(17)15-5-3-13(4-6-15)21(27)28/h1-12H,(H,23,26)(H,27,28). The van der Waals surface area contributed by atoms with E-state index in [1.165, 1.54) is 41.8 Å². The Balaban J connectivity index is 1.48. The largest absolute Gasteiger partial charge is 0.478 e. The molecule has 0 spiro atoms. The predicted molar refractivity (Wildman–Crippen MR) is 116 cm³/mol. The Kier molecular flexibility index (Phi) is 5.29. The molecule has 0 fully saturated rings. The number of nitro groups is 1. The number of carboxylic acid groups (broad SMARTS) is 1. The van der Waals surface area contributed by atoms with Gasteiger partial charge in [0.1, 0.15) is 0 Å². The number of rotatable bonds is 6. The molecule has 4 rings (SSSR count). The first-order chi connectivity index (χ1) is 14.9. The highest BCUT2D eigenvalue weighted by Gasteiger charge is 2.13. The quantitative estimate of drug-likeness (QED) is 0.269. The Morgan fingerprint density at radius 1 is 1.13 bits per heavy atom. The fraction of sp³-hybridized carbons (Fsp3) is 0. The van der Waals surface area contributed by atoms with E-state index < -0.39 is 16.8 Å². The molecule has 0 aliphatic heterocycles. The first kappa shape index (κ1) is 20.0. The van der Waals surface area contributed by atoms with Crippen molar-refractivity contribution in [1.29, 1.82) is 0 Å². The Labute approximate surface area is 179 Å². The molecular formula is C21H14N4O5S.